The summed E-state index contributed by atoms with van der Waals surface area (Å²) in [6.45, 7) is 2.07. The van der Waals surface area contributed by atoms with Crippen molar-refractivity contribution < 1.29 is 4.74 Å². The first-order valence-corrected chi connectivity index (χ1v) is 6.47. The molecule has 112 valence electrons. The Kier molecular flexibility index (Phi) is 4.44. The van der Waals surface area contributed by atoms with Gasteiger partial charge in [-0.25, -0.2) is 15.8 Å². The van der Waals surface area contributed by atoms with E-state index in [2.05, 4.69) is 32.5 Å². The fraction of sp³-hybridized carbons (Fsp3) is 0.286. The van der Waals surface area contributed by atoms with Crippen LogP contribution in [-0.2, 0) is 0 Å². The quantitative estimate of drug-likeness (QED) is 0.572. The van der Waals surface area contributed by atoms with Crippen LogP contribution in [0.15, 0.2) is 24.5 Å². The van der Waals surface area contributed by atoms with Gasteiger partial charge in [0.15, 0.2) is 11.6 Å². The fourth-order valence-electron chi connectivity index (χ4n) is 2.06. The van der Waals surface area contributed by atoms with Gasteiger partial charge in [-0.15, -0.1) is 0 Å². The summed E-state index contributed by atoms with van der Waals surface area (Å²) in [4.78, 5) is 10.3. The molecule has 4 N–H and O–H groups in total. The van der Waals surface area contributed by atoms with Gasteiger partial charge in [0.05, 0.1) is 7.11 Å². The van der Waals surface area contributed by atoms with Crippen LogP contribution in [0, 0.1) is 6.92 Å². The maximum absolute atomic E-state index is 5.42. The number of rotatable bonds is 5. The van der Waals surface area contributed by atoms with Crippen molar-refractivity contribution in [3.63, 3.8) is 0 Å². The van der Waals surface area contributed by atoms with E-state index in [0.29, 0.717) is 17.4 Å². The van der Waals surface area contributed by atoms with Crippen LogP contribution in [0.4, 0.5) is 23.0 Å². The van der Waals surface area contributed by atoms with E-state index in [-0.39, 0.29) is 0 Å². The molecule has 2 aromatic rings. The molecule has 0 unspecified atom stereocenters. The molecule has 1 heterocycles. The Morgan fingerprint density at radius 3 is 2.52 bits per heavy atom. The van der Waals surface area contributed by atoms with Crippen LogP contribution in [0.1, 0.15) is 5.56 Å². The Morgan fingerprint density at radius 1 is 1.19 bits per heavy atom. The number of hydrogen-bond donors (Lipinski definition) is 3. The number of anilines is 4. The molecule has 1 aromatic heterocycles. The van der Waals surface area contributed by atoms with E-state index in [4.69, 9.17) is 10.6 Å². The van der Waals surface area contributed by atoms with E-state index in [1.54, 1.807) is 7.11 Å². The molecule has 0 bridgehead atoms. The van der Waals surface area contributed by atoms with Crippen molar-refractivity contribution in [3.05, 3.63) is 30.1 Å². The Balaban J connectivity index is 2.36. The van der Waals surface area contributed by atoms with Crippen molar-refractivity contribution >= 4 is 23.0 Å². The zero-order chi connectivity index (χ0) is 15.4. The predicted molar refractivity (Wildman–Crippen MR) is 85.2 cm³/mol. The van der Waals surface area contributed by atoms with E-state index in [1.165, 1.54) is 11.9 Å². The highest BCUT2D eigenvalue weighted by atomic mass is 16.5. The molecule has 0 saturated carbocycles. The molecule has 2 rings (SSSR count). The van der Waals surface area contributed by atoms with Gasteiger partial charge < -0.3 is 20.4 Å². The van der Waals surface area contributed by atoms with E-state index in [9.17, 15) is 0 Å². The van der Waals surface area contributed by atoms with Gasteiger partial charge in [0, 0.05) is 25.5 Å². The van der Waals surface area contributed by atoms with Gasteiger partial charge in [-0.2, -0.15) is 0 Å². The number of hydrazine groups is 1. The number of hydrogen-bond acceptors (Lipinski definition) is 7. The van der Waals surface area contributed by atoms with Crippen molar-refractivity contribution in [1.29, 1.82) is 0 Å². The molecule has 0 spiro atoms. The summed E-state index contributed by atoms with van der Waals surface area (Å²) in [6, 6.07) is 6.08. The third-order valence-electron chi connectivity index (χ3n) is 3.10. The molecule has 7 nitrogen and oxygen atoms in total. The van der Waals surface area contributed by atoms with E-state index < -0.39 is 0 Å². The number of benzene rings is 1. The number of nitrogens with zero attached hydrogens (tertiary/aromatic N) is 3. The predicted octanol–water partition coefficient (Wildman–Crippen LogP) is 1.89. The van der Waals surface area contributed by atoms with Gasteiger partial charge in [-0.1, -0.05) is 6.07 Å². The van der Waals surface area contributed by atoms with Crippen molar-refractivity contribution in [2.24, 2.45) is 5.84 Å². The first-order chi connectivity index (χ1) is 10.1. The van der Waals surface area contributed by atoms with Crippen LogP contribution >= 0.6 is 0 Å². The van der Waals surface area contributed by atoms with E-state index >= 15 is 0 Å². The highest BCUT2D eigenvalue weighted by Gasteiger charge is 2.12. The van der Waals surface area contributed by atoms with Crippen LogP contribution in [0.5, 0.6) is 5.75 Å². The van der Waals surface area contributed by atoms with Gasteiger partial charge in [0.2, 0.25) is 5.75 Å². The summed E-state index contributed by atoms with van der Waals surface area (Å²) in [7, 11) is 5.56. The average Bonchev–Trinajstić information content (AvgIpc) is 2.48. The zero-order valence-corrected chi connectivity index (χ0v) is 12.6. The smallest absolute Gasteiger partial charge is 0.205 e. The number of nitrogens with one attached hydrogen (secondary N) is 2. The molecule has 0 amide bonds. The average molecular weight is 288 g/mol. The number of methoxy groups -OCH3 is 1. The molecule has 0 atom stereocenters. The standard InChI is InChI=1S/C14H20N6O/c1-9-5-6-10(7-11(9)20(2)3)18-13-12(21-4)14(19-15)17-8-16-13/h5-8H,15H2,1-4H3,(H2,16,17,18,19). The van der Waals surface area contributed by atoms with Gasteiger partial charge in [-0.05, 0) is 24.6 Å². The van der Waals surface area contributed by atoms with Crippen molar-refractivity contribution in [3.8, 4) is 5.75 Å². The summed E-state index contributed by atoms with van der Waals surface area (Å²) in [5.74, 6) is 6.86. The van der Waals surface area contributed by atoms with Gasteiger partial charge in [-0.3, -0.25) is 0 Å². The first kappa shape index (κ1) is 14.9. The molecule has 0 fully saturated rings. The third kappa shape index (κ3) is 3.14. The largest absolute Gasteiger partial charge is 0.490 e. The van der Waals surface area contributed by atoms with E-state index in [0.717, 1.165) is 11.4 Å². The molecule has 0 aliphatic carbocycles. The summed E-state index contributed by atoms with van der Waals surface area (Å²) >= 11 is 0. The molecule has 0 radical (unpaired) electrons. The summed E-state index contributed by atoms with van der Waals surface area (Å²) < 4.78 is 5.30. The Morgan fingerprint density at radius 2 is 1.90 bits per heavy atom. The lowest BCUT2D eigenvalue weighted by Crippen LogP contribution is -2.12. The second kappa shape index (κ2) is 6.27. The lowest BCUT2D eigenvalue weighted by Gasteiger charge is -2.18. The maximum atomic E-state index is 5.42. The van der Waals surface area contributed by atoms with Crippen LogP contribution in [0.25, 0.3) is 0 Å². The Bertz CT molecular complexity index is 629. The molecule has 0 aliphatic rings. The van der Waals surface area contributed by atoms with Crippen LogP contribution < -0.4 is 26.2 Å². The molecule has 0 aliphatic heterocycles. The maximum Gasteiger partial charge on any atom is 0.205 e. The van der Waals surface area contributed by atoms with Crippen LogP contribution in [-0.4, -0.2) is 31.2 Å². The normalized spacial score (nSPS) is 10.1. The number of ether oxygens (including phenoxy) is 1. The molecule has 0 saturated heterocycles. The summed E-state index contributed by atoms with van der Waals surface area (Å²) in [5.41, 5.74) is 5.72. The second-order valence-electron chi connectivity index (χ2n) is 4.77. The molecule has 7 heteroatoms. The highest BCUT2D eigenvalue weighted by molar-refractivity contribution is 5.71. The Hall–Kier alpha value is -2.54. The van der Waals surface area contributed by atoms with Gasteiger partial charge in [0.1, 0.15) is 6.33 Å². The first-order valence-electron chi connectivity index (χ1n) is 6.47. The number of nitrogen functional groups attached to an aromatic ring is 1. The SMILES string of the molecule is COc1c(NN)ncnc1Nc1ccc(C)c(N(C)C)c1. The second-order valence-corrected chi connectivity index (χ2v) is 4.77. The van der Waals surface area contributed by atoms with E-state index in [1.807, 2.05) is 32.3 Å². The lowest BCUT2D eigenvalue weighted by molar-refractivity contribution is 0.415. The van der Waals surface area contributed by atoms with Crippen molar-refractivity contribution in [2.45, 2.75) is 6.92 Å². The molecule has 21 heavy (non-hydrogen) atoms. The number of aromatic nitrogens is 2. The zero-order valence-electron chi connectivity index (χ0n) is 12.6. The minimum absolute atomic E-state index is 0.426. The minimum Gasteiger partial charge on any atom is -0.490 e. The fourth-order valence-corrected chi connectivity index (χ4v) is 2.06. The lowest BCUT2D eigenvalue weighted by atomic mass is 10.1. The molecular formula is C14H20N6O. The molecule has 1 aromatic carbocycles. The van der Waals surface area contributed by atoms with Crippen molar-refractivity contribution in [1.82, 2.24) is 9.97 Å². The summed E-state index contributed by atoms with van der Waals surface area (Å²) in [6.07, 6.45) is 1.42. The number of aryl methyl sites for hydroxylation is 1. The minimum atomic E-state index is 0.426. The molecular weight excluding hydrogens is 268 g/mol. The summed E-state index contributed by atoms with van der Waals surface area (Å²) in [5, 5.41) is 3.22. The van der Waals surface area contributed by atoms with Crippen molar-refractivity contribution in [2.75, 3.05) is 36.8 Å². The number of nitrogens with two attached hydrogens (primary N) is 1. The van der Waals surface area contributed by atoms with Gasteiger partial charge >= 0.3 is 0 Å². The monoisotopic (exact) mass is 288 g/mol. The topological polar surface area (TPSA) is 88.3 Å². The Labute approximate surface area is 124 Å². The van der Waals surface area contributed by atoms with Crippen LogP contribution in [0.3, 0.4) is 0 Å². The third-order valence-corrected chi connectivity index (χ3v) is 3.10. The van der Waals surface area contributed by atoms with Gasteiger partial charge in [0.25, 0.3) is 0 Å². The highest BCUT2D eigenvalue weighted by Crippen LogP contribution is 2.32. The van der Waals surface area contributed by atoms with Crippen LogP contribution in [0.2, 0.25) is 0 Å².